The summed E-state index contributed by atoms with van der Waals surface area (Å²) in [5.41, 5.74) is 1.68. The minimum absolute atomic E-state index is 0.00456. The predicted molar refractivity (Wildman–Crippen MR) is 83.3 cm³/mol. The molecule has 1 saturated heterocycles. The summed E-state index contributed by atoms with van der Waals surface area (Å²) in [6.45, 7) is 7.35. The molecule has 1 aliphatic rings. The molecule has 2 heterocycles. The van der Waals surface area contributed by atoms with E-state index in [-0.39, 0.29) is 5.91 Å². The molecule has 0 saturated carbocycles. The van der Waals surface area contributed by atoms with Crippen molar-refractivity contribution in [2.45, 2.75) is 33.2 Å². The Labute approximate surface area is 130 Å². The molecule has 5 nitrogen and oxygen atoms in total. The molecule has 2 rings (SSSR count). The Balaban J connectivity index is 2.05. The Morgan fingerprint density at radius 1 is 1.43 bits per heavy atom. The molecule has 21 heavy (non-hydrogen) atoms. The number of aromatic nitrogens is 2. The molecule has 1 amide bonds. The fourth-order valence-electron chi connectivity index (χ4n) is 2.26. The lowest BCUT2D eigenvalue weighted by Crippen LogP contribution is -2.39. The summed E-state index contributed by atoms with van der Waals surface area (Å²) >= 11 is 6.34. The third kappa shape index (κ3) is 4.08. The molecule has 116 valence electrons. The van der Waals surface area contributed by atoms with Gasteiger partial charge in [-0.3, -0.25) is 9.48 Å². The number of carbonyl (C=O) groups is 1. The second kappa shape index (κ2) is 7.61. The number of hydrogen-bond acceptors (Lipinski definition) is 3. The fraction of sp³-hybridized carbons (Fsp3) is 0.600. The minimum Gasteiger partial charge on any atom is -0.378 e. The molecule has 0 bridgehead atoms. The number of halogens is 1. The van der Waals surface area contributed by atoms with E-state index in [1.807, 2.05) is 6.92 Å². The van der Waals surface area contributed by atoms with Crippen molar-refractivity contribution in [3.05, 3.63) is 22.5 Å². The lowest BCUT2D eigenvalue weighted by atomic mass is 10.2. The zero-order valence-corrected chi connectivity index (χ0v) is 13.4. The second-order valence-corrected chi connectivity index (χ2v) is 5.50. The first kappa shape index (κ1) is 16.0. The average Bonchev–Trinajstić information content (AvgIpc) is 2.78. The maximum Gasteiger partial charge on any atom is 0.246 e. The van der Waals surface area contributed by atoms with E-state index < -0.39 is 0 Å². The second-order valence-electron chi connectivity index (χ2n) is 5.14. The van der Waals surface area contributed by atoms with Gasteiger partial charge in [0.25, 0.3) is 0 Å². The molecule has 1 aromatic rings. The highest BCUT2D eigenvalue weighted by Gasteiger charge is 2.15. The van der Waals surface area contributed by atoms with E-state index in [9.17, 15) is 4.79 Å². The molecule has 1 aliphatic heterocycles. The average molecular weight is 312 g/mol. The van der Waals surface area contributed by atoms with E-state index in [1.54, 1.807) is 21.7 Å². The van der Waals surface area contributed by atoms with Crippen molar-refractivity contribution in [3.8, 4) is 0 Å². The zero-order valence-electron chi connectivity index (χ0n) is 12.6. The molecule has 1 aromatic heterocycles. The molecule has 0 aliphatic carbocycles. The van der Waals surface area contributed by atoms with E-state index in [2.05, 4.69) is 12.0 Å². The van der Waals surface area contributed by atoms with Crippen LogP contribution in [0.2, 0.25) is 5.15 Å². The van der Waals surface area contributed by atoms with Crippen LogP contribution in [-0.4, -0.2) is 46.9 Å². The SMILES string of the molecule is CCCCn1nc(C)c(C=CC(=O)N2CCOCC2)c1Cl. The van der Waals surface area contributed by atoms with E-state index in [0.29, 0.717) is 31.5 Å². The van der Waals surface area contributed by atoms with Crippen molar-refractivity contribution in [1.29, 1.82) is 0 Å². The standard InChI is InChI=1S/C15H22ClN3O2/c1-3-4-7-19-15(16)13(12(2)17-19)5-6-14(20)18-8-10-21-11-9-18/h5-6H,3-4,7-11H2,1-2H3. The van der Waals surface area contributed by atoms with Gasteiger partial charge in [0, 0.05) is 31.3 Å². The summed E-state index contributed by atoms with van der Waals surface area (Å²) in [4.78, 5) is 13.9. The van der Waals surface area contributed by atoms with Crippen LogP contribution in [0.25, 0.3) is 6.08 Å². The topological polar surface area (TPSA) is 47.4 Å². The van der Waals surface area contributed by atoms with Gasteiger partial charge in [-0.15, -0.1) is 0 Å². The molecular formula is C15H22ClN3O2. The summed E-state index contributed by atoms with van der Waals surface area (Å²) in [6, 6.07) is 0. The number of rotatable bonds is 5. The van der Waals surface area contributed by atoms with Gasteiger partial charge in [0.15, 0.2) is 0 Å². The number of unbranched alkanes of at least 4 members (excludes halogenated alkanes) is 1. The molecule has 0 unspecified atom stereocenters. The van der Waals surface area contributed by atoms with Gasteiger partial charge in [-0.05, 0) is 19.4 Å². The zero-order chi connectivity index (χ0) is 15.2. The van der Waals surface area contributed by atoms with Gasteiger partial charge in [0.1, 0.15) is 5.15 Å². The smallest absolute Gasteiger partial charge is 0.246 e. The number of nitrogens with zero attached hydrogens (tertiary/aromatic N) is 3. The number of hydrogen-bond donors (Lipinski definition) is 0. The van der Waals surface area contributed by atoms with Crippen LogP contribution in [0.3, 0.4) is 0 Å². The van der Waals surface area contributed by atoms with Crippen molar-refractivity contribution in [2.75, 3.05) is 26.3 Å². The molecule has 0 radical (unpaired) electrons. The highest BCUT2D eigenvalue weighted by Crippen LogP contribution is 2.22. The van der Waals surface area contributed by atoms with E-state index in [1.165, 1.54) is 0 Å². The van der Waals surface area contributed by atoms with E-state index >= 15 is 0 Å². The Morgan fingerprint density at radius 3 is 2.81 bits per heavy atom. The largest absolute Gasteiger partial charge is 0.378 e. The molecule has 0 aromatic carbocycles. The third-order valence-electron chi connectivity index (χ3n) is 3.55. The quantitative estimate of drug-likeness (QED) is 0.785. The van der Waals surface area contributed by atoms with Gasteiger partial charge in [0.2, 0.25) is 5.91 Å². The maximum absolute atomic E-state index is 12.1. The van der Waals surface area contributed by atoms with Crippen LogP contribution < -0.4 is 0 Å². The van der Waals surface area contributed by atoms with Crippen LogP contribution in [0.15, 0.2) is 6.08 Å². The molecule has 0 atom stereocenters. The van der Waals surface area contributed by atoms with Crippen LogP contribution in [-0.2, 0) is 16.1 Å². The van der Waals surface area contributed by atoms with Crippen molar-refractivity contribution in [1.82, 2.24) is 14.7 Å². The third-order valence-corrected chi connectivity index (χ3v) is 3.95. The Morgan fingerprint density at radius 2 is 2.14 bits per heavy atom. The first-order chi connectivity index (χ1) is 10.1. The Bertz CT molecular complexity index is 519. The highest BCUT2D eigenvalue weighted by molar-refractivity contribution is 6.31. The first-order valence-electron chi connectivity index (χ1n) is 7.41. The van der Waals surface area contributed by atoms with Gasteiger partial charge in [-0.2, -0.15) is 5.10 Å². The van der Waals surface area contributed by atoms with Crippen molar-refractivity contribution in [2.24, 2.45) is 0 Å². The van der Waals surface area contributed by atoms with Gasteiger partial charge >= 0.3 is 0 Å². The van der Waals surface area contributed by atoms with E-state index in [0.717, 1.165) is 30.6 Å². The van der Waals surface area contributed by atoms with Crippen molar-refractivity contribution >= 4 is 23.6 Å². The van der Waals surface area contributed by atoms with Gasteiger partial charge in [0.05, 0.1) is 18.9 Å². The van der Waals surface area contributed by atoms with Gasteiger partial charge < -0.3 is 9.64 Å². The Hall–Kier alpha value is -1.33. The predicted octanol–water partition coefficient (Wildman–Crippen LogP) is 2.52. The minimum atomic E-state index is -0.00456. The number of morpholine rings is 1. The summed E-state index contributed by atoms with van der Waals surface area (Å²) in [5.74, 6) is -0.00456. The molecule has 1 fully saturated rings. The molecule has 0 spiro atoms. The van der Waals surface area contributed by atoms with Crippen LogP contribution in [0.5, 0.6) is 0 Å². The number of aryl methyl sites for hydroxylation is 2. The first-order valence-corrected chi connectivity index (χ1v) is 7.79. The van der Waals surface area contributed by atoms with Gasteiger partial charge in [-0.1, -0.05) is 24.9 Å². The van der Waals surface area contributed by atoms with Gasteiger partial charge in [-0.25, -0.2) is 0 Å². The monoisotopic (exact) mass is 311 g/mol. The summed E-state index contributed by atoms with van der Waals surface area (Å²) in [7, 11) is 0. The highest BCUT2D eigenvalue weighted by atomic mass is 35.5. The Kier molecular flexibility index (Phi) is 5.82. The lowest BCUT2D eigenvalue weighted by molar-refractivity contribution is -0.129. The summed E-state index contributed by atoms with van der Waals surface area (Å²) in [6.07, 6.45) is 5.48. The maximum atomic E-state index is 12.1. The summed E-state index contributed by atoms with van der Waals surface area (Å²) < 4.78 is 7.04. The van der Waals surface area contributed by atoms with Crippen LogP contribution in [0, 0.1) is 6.92 Å². The molecule has 6 heteroatoms. The van der Waals surface area contributed by atoms with Crippen LogP contribution in [0.1, 0.15) is 31.0 Å². The normalized spacial score (nSPS) is 15.9. The van der Waals surface area contributed by atoms with Crippen molar-refractivity contribution in [3.63, 3.8) is 0 Å². The lowest BCUT2D eigenvalue weighted by Gasteiger charge is -2.25. The fourth-order valence-corrected chi connectivity index (χ4v) is 2.58. The van der Waals surface area contributed by atoms with Crippen molar-refractivity contribution < 1.29 is 9.53 Å². The van der Waals surface area contributed by atoms with Crippen LogP contribution >= 0.6 is 11.6 Å². The molecule has 0 N–H and O–H groups in total. The van der Waals surface area contributed by atoms with Crippen LogP contribution in [0.4, 0.5) is 0 Å². The number of ether oxygens (including phenoxy) is 1. The summed E-state index contributed by atoms with van der Waals surface area (Å²) in [5, 5.41) is 5.03. The number of amides is 1. The molecular weight excluding hydrogens is 290 g/mol. The number of carbonyl (C=O) groups excluding carboxylic acids is 1. The van der Waals surface area contributed by atoms with E-state index in [4.69, 9.17) is 16.3 Å².